The van der Waals surface area contributed by atoms with Gasteiger partial charge in [-0.1, -0.05) is 6.07 Å². The van der Waals surface area contributed by atoms with E-state index in [-0.39, 0.29) is 5.69 Å². The first kappa shape index (κ1) is 17.9. The van der Waals surface area contributed by atoms with E-state index in [1.807, 2.05) is 0 Å². The SMILES string of the molecule is Cc1ccc([N+](=O)[O-])cc1NC(=O)c1ccc2c(c1)CCN2S(C)(=O)=O. The number of nitrogens with one attached hydrogen (secondary N) is 1. The Morgan fingerprint density at radius 1 is 1.23 bits per heavy atom. The van der Waals surface area contributed by atoms with Crippen molar-refractivity contribution < 1.29 is 18.1 Å². The van der Waals surface area contributed by atoms with Crippen LogP contribution in [0.3, 0.4) is 0 Å². The summed E-state index contributed by atoms with van der Waals surface area (Å²) in [6.07, 6.45) is 1.67. The van der Waals surface area contributed by atoms with Gasteiger partial charge in [0, 0.05) is 24.2 Å². The molecule has 1 N–H and O–H groups in total. The number of fused-ring (bicyclic) bond motifs is 1. The van der Waals surface area contributed by atoms with Crippen LogP contribution in [0.1, 0.15) is 21.5 Å². The van der Waals surface area contributed by atoms with Crippen LogP contribution in [-0.4, -0.2) is 32.0 Å². The summed E-state index contributed by atoms with van der Waals surface area (Å²) in [6.45, 7) is 2.09. The molecule has 0 atom stereocenters. The maximum Gasteiger partial charge on any atom is 0.271 e. The topological polar surface area (TPSA) is 110 Å². The lowest BCUT2D eigenvalue weighted by Gasteiger charge is -2.16. The fourth-order valence-corrected chi connectivity index (χ4v) is 3.87. The van der Waals surface area contributed by atoms with Gasteiger partial charge in [-0.3, -0.25) is 19.2 Å². The number of hydrogen-bond donors (Lipinski definition) is 1. The molecule has 2 aromatic rings. The van der Waals surface area contributed by atoms with E-state index >= 15 is 0 Å². The Hall–Kier alpha value is -2.94. The maximum atomic E-state index is 12.5. The number of aryl methyl sites for hydroxylation is 1. The van der Waals surface area contributed by atoms with Crippen LogP contribution in [0.15, 0.2) is 36.4 Å². The summed E-state index contributed by atoms with van der Waals surface area (Å²) in [5.41, 5.74) is 2.68. The third-order valence-electron chi connectivity index (χ3n) is 4.28. The Labute approximate surface area is 150 Å². The lowest BCUT2D eigenvalue weighted by atomic mass is 10.1. The number of nitro groups is 1. The second-order valence-corrected chi connectivity index (χ2v) is 8.05. The minimum absolute atomic E-state index is 0.108. The summed E-state index contributed by atoms with van der Waals surface area (Å²) in [4.78, 5) is 22.9. The van der Waals surface area contributed by atoms with E-state index in [9.17, 15) is 23.3 Å². The summed E-state index contributed by atoms with van der Waals surface area (Å²) in [5, 5.41) is 13.6. The molecule has 1 aliphatic heterocycles. The fourth-order valence-electron chi connectivity index (χ4n) is 2.91. The zero-order valence-electron chi connectivity index (χ0n) is 14.2. The van der Waals surface area contributed by atoms with Crippen LogP contribution in [0.2, 0.25) is 0 Å². The number of nitrogens with zero attached hydrogens (tertiary/aromatic N) is 2. The predicted octanol–water partition coefficient (Wildman–Crippen LogP) is 2.48. The fraction of sp³-hybridized carbons (Fsp3) is 0.235. The van der Waals surface area contributed by atoms with Crippen LogP contribution < -0.4 is 9.62 Å². The monoisotopic (exact) mass is 375 g/mol. The van der Waals surface area contributed by atoms with Crippen LogP contribution >= 0.6 is 0 Å². The van der Waals surface area contributed by atoms with Crippen molar-refractivity contribution in [2.75, 3.05) is 22.4 Å². The predicted molar refractivity (Wildman–Crippen MR) is 98.1 cm³/mol. The third kappa shape index (κ3) is 3.38. The molecule has 0 bridgehead atoms. The van der Waals surface area contributed by atoms with Gasteiger partial charge in [0.25, 0.3) is 11.6 Å². The number of carbonyl (C=O) groups is 1. The van der Waals surface area contributed by atoms with Crippen LogP contribution in [0.4, 0.5) is 17.1 Å². The maximum absolute atomic E-state index is 12.5. The number of nitro benzene ring substituents is 1. The molecule has 26 heavy (non-hydrogen) atoms. The molecule has 0 spiro atoms. The zero-order valence-corrected chi connectivity index (χ0v) is 15.0. The number of anilines is 2. The Bertz CT molecular complexity index is 1020. The first-order valence-electron chi connectivity index (χ1n) is 7.84. The Kier molecular flexibility index (Phi) is 4.41. The van der Waals surface area contributed by atoms with Crippen molar-refractivity contribution in [3.8, 4) is 0 Å². The van der Waals surface area contributed by atoms with E-state index in [0.717, 1.165) is 11.8 Å². The third-order valence-corrected chi connectivity index (χ3v) is 5.46. The summed E-state index contributed by atoms with van der Waals surface area (Å²) in [6, 6.07) is 9.07. The van der Waals surface area contributed by atoms with E-state index in [0.29, 0.717) is 35.5 Å². The molecular weight excluding hydrogens is 358 g/mol. The zero-order chi connectivity index (χ0) is 19.1. The first-order valence-corrected chi connectivity index (χ1v) is 9.68. The van der Waals surface area contributed by atoms with Crippen LogP contribution in [0, 0.1) is 17.0 Å². The van der Waals surface area contributed by atoms with Gasteiger partial charge in [0.1, 0.15) is 0 Å². The molecule has 1 aliphatic rings. The van der Waals surface area contributed by atoms with E-state index in [4.69, 9.17) is 0 Å². The van der Waals surface area contributed by atoms with Crippen molar-refractivity contribution in [1.82, 2.24) is 0 Å². The molecular formula is C17H17N3O5S. The number of amides is 1. The highest BCUT2D eigenvalue weighted by Crippen LogP contribution is 2.31. The second kappa shape index (κ2) is 6.41. The van der Waals surface area contributed by atoms with Crippen molar-refractivity contribution in [3.05, 3.63) is 63.2 Å². The molecule has 0 saturated carbocycles. The van der Waals surface area contributed by atoms with Gasteiger partial charge in [-0.05, 0) is 42.7 Å². The van der Waals surface area contributed by atoms with Gasteiger partial charge < -0.3 is 5.32 Å². The lowest BCUT2D eigenvalue weighted by molar-refractivity contribution is -0.384. The smallest absolute Gasteiger partial charge is 0.271 e. The average Bonchev–Trinajstić information content (AvgIpc) is 2.99. The van der Waals surface area contributed by atoms with E-state index in [1.54, 1.807) is 31.2 Å². The summed E-state index contributed by atoms with van der Waals surface area (Å²) in [7, 11) is -3.35. The summed E-state index contributed by atoms with van der Waals surface area (Å²) in [5.74, 6) is -0.408. The molecule has 0 radical (unpaired) electrons. The van der Waals surface area contributed by atoms with E-state index in [2.05, 4.69) is 5.32 Å². The normalized spacial score (nSPS) is 13.4. The van der Waals surface area contributed by atoms with Crippen molar-refractivity contribution in [2.24, 2.45) is 0 Å². The van der Waals surface area contributed by atoms with Gasteiger partial charge in [0.05, 0.1) is 22.6 Å². The van der Waals surface area contributed by atoms with Crippen LogP contribution in [0.5, 0.6) is 0 Å². The van der Waals surface area contributed by atoms with Gasteiger partial charge in [-0.15, -0.1) is 0 Å². The molecule has 9 heteroatoms. The molecule has 2 aromatic carbocycles. The van der Waals surface area contributed by atoms with E-state index in [1.165, 1.54) is 16.4 Å². The molecule has 0 unspecified atom stereocenters. The quantitative estimate of drug-likeness (QED) is 0.652. The van der Waals surface area contributed by atoms with Crippen LogP contribution in [0.25, 0.3) is 0 Å². The van der Waals surface area contributed by atoms with Crippen molar-refractivity contribution in [2.45, 2.75) is 13.3 Å². The molecule has 3 rings (SSSR count). The summed E-state index contributed by atoms with van der Waals surface area (Å²) < 4.78 is 24.9. The number of rotatable bonds is 4. The van der Waals surface area contributed by atoms with Gasteiger partial charge in [0.15, 0.2) is 0 Å². The number of carbonyl (C=O) groups excluding carboxylic acids is 1. The van der Waals surface area contributed by atoms with Crippen LogP contribution in [-0.2, 0) is 16.4 Å². The highest BCUT2D eigenvalue weighted by atomic mass is 32.2. The largest absolute Gasteiger partial charge is 0.321 e. The van der Waals surface area contributed by atoms with Crippen molar-refractivity contribution in [3.63, 3.8) is 0 Å². The molecule has 0 aliphatic carbocycles. The van der Waals surface area contributed by atoms with Gasteiger partial charge in [0.2, 0.25) is 10.0 Å². The molecule has 8 nitrogen and oxygen atoms in total. The number of sulfonamides is 1. The van der Waals surface area contributed by atoms with Gasteiger partial charge in [-0.25, -0.2) is 8.42 Å². The number of hydrogen-bond acceptors (Lipinski definition) is 5. The Morgan fingerprint density at radius 2 is 1.96 bits per heavy atom. The molecule has 136 valence electrons. The first-order chi connectivity index (χ1) is 12.2. The number of benzene rings is 2. The molecule has 1 heterocycles. The summed E-state index contributed by atoms with van der Waals surface area (Å²) >= 11 is 0. The minimum atomic E-state index is -3.35. The highest BCUT2D eigenvalue weighted by molar-refractivity contribution is 7.92. The van der Waals surface area contributed by atoms with Gasteiger partial charge in [-0.2, -0.15) is 0 Å². The average molecular weight is 375 g/mol. The van der Waals surface area contributed by atoms with Gasteiger partial charge >= 0.3 is 0 Å². The molecule has 0 fully saturated rings. The molecule has 0 saturated heterocycles. The van der Waals surface area contributed by atoms with Crippen molar-refractivity contribution >= 4 is 33.0 Å². The standard InChI is InChI=1S/C17H17N3O5S/c1-11-3-5-14(20(22)23)10-15(11)18-17(21)13-4-6-16-12(9-13)7-8-19(16)26(2,24)25/h3-6,9-10H,7-8H2,1-2H3,(H,18,21). The molecule has 0 aromatic heterocycles. The number of non-ortho nitro benzene ring substituents is 1. The lowest BCUT2D eigenvalue weighted by Crippen LogP contribution is -2.27. The second-order valence-electron chi connectivity index (χ2n) is 6.14. The highest BCUT2D eigenvalue weighted by Gasteiger charge is 2.26. The molecule has 1 amide bonds. The van der Waals surface area contributed by atoms with Crippen molar-refractivity contribution in [1.29, 1.82) is 0 Å². The Balaban J connectivity index is 1.86. The Morgan fingerprint density at radius 3 is 2.62 bits per heavy atom. The van der Waals surface area contributed by atoms with E-state index < -0.39 is 20.9 Å². The minimum Gasteiger partial charge on any atom is -0.321 e.